The molecular formula is C13H17N3O2S. The summed E-state index contributed by atoms with van der Waals surface area (Å²) < 4.78 is 1.65. The fourth-order valence-corrected chi connectivity index (χ4v) is 2.62. The molecule has 0 aliphatic heterocycles. The second kappa shape index (κ2) is 7.16. The quantitative estimate of drug-likeness (QED) is 0.592. The van der Waals surface area contributed by atoms with Crippen molar-refractivity contribution in [1.82, 2.24) is 14.8 Å². The summed E-state index contributed by atoms with van der Waals surface area (Å²) in [5.41, 5.74) is 1.02. The molecule has 2 aromatic rings. The number of benzene rings is 1. The highest BCUT2D eigenvalue weighted by Crippen LogP contribution is 2.14. The molecule has 102 valence electrons. The monoisotopic (exact) mass is 279 g/mol. The molecule has 1 aromatic carbocycles. The van der Waals surface area contributed by atoms with E-state index in [0.29, 0.717) is 18.1 Å². The Morgan fingerprint density at radius 3 is 2.84 bits per heavy atom. The highest BCUT2D eigenvalue weighted by Gasteiger charge is 2.08. The minimum Gasteiger partial charge on any atom is -0.396 e. The number of nitrogens with one attached hydrogen (secondary N) is 1. The van der Waals surface area contributed by atoms with E-state index in [-0.39, 0.29) is 12.3 Å². The van der Waals surface area contributed by atoms with Gasteiger partial charge in [0.1, 0.15) is 0 Å². The van der Waals surface area contributed by atoms with E-state index in [4.69, 9.17) is 5.11 Å². The summed E-state index contributed by atoms with van der Waals surface area (Å²) in [6.45, 7) is 0.770. The molecule has 5 nitrogen and oxygen atoms in total. The lowest BCUT2D eigenvalue weighted by atomic mass is 10.1. The molecule has 0 spiro atoms. The first kappa shape index (κ1) is 13.9. The average Bonchev–Trinajstić information content (AvgIpc) is 2.79. The van der Waals surface area contributed by atoms with Crippen LogP contribution < -0.4 is 5.69 Å². The summed E-state index contributed by atoms with van der Waals surface area (Å²) in [4.78, 5) is 11.7. The van der Waals surface area contributed by atoms with Gasteiger partial charge in [0, 0.05) is 18.9 Å². The second-order valence-electron chi connectivity index (χ2n) is 4.12. The van der Waals surface area contributed by atoms with Crippen molar-refractivity contribution in [3.63, 3.8) is 0 Å². The molecule has 0 aliphatic carbocycles. The normalized spacial score (nSPS) is 10.8. The SMILES string of the molecule is O=c1[nH]nc(SCCCO)n1CCc1ccccc1. The van der Waals surface area contributed by atoms with Crippen molar-refractivity contribution in [2.45, 2.75) is 24.5 Å². The van der Waals surface area contributed by atoms with Gasteiger partial charge in [-0.25, -0.2) is 9.89 Å². The summed E-state index contributed by atoms with van der Waals surface area (Å²) in [7, 11) is 0. The van der Waals surface area contributed by atoms with Gasteiger partial charge in [-0.05, 0) is 18.4 Å². The summed E-state index contributed by atoms with van der Waals surface area (Å²) >= 11 is 1.49. The fraction of sp³-hybridized carbons (Fsp3) is 0.385. The van der Waals surface area contributed by atoms with Crippen LogP contribution >= 0.6 is 11.8 Å². The van der Waals surface area contributed by atoms with Crippen LogP contribution in [0.5, 0.6) is 0 Å². The minimum absolute atomic E-state index is 0.158. The first-order valence-corrected chi connectivity index (χ1v) is 7.22. The Labute approximate surface area is 115 Å². The number of aliphatic hydroxyl groups excluding tert-OH is 1. The third kappa shape index (κ3) is 3.97. The van der Waals surface area contributed by atoms with Crippen molar-refractivity contribution in [2.75, 3.05) is 12.4 Å². The Balaban J connectivity index is 1.99. The van der Waals surface area contributed by atoms with Gasteiger partial charge in [-0.2, -0.15) is 0 Å². The zero-order valence-electron chi connectivity index (χ0n) is 10.6. The van der Waals surface area contributed by atoms with E-state index in [9.17, 15) is 4.79 Å². The number of hydrogen-bond acceptors (Lipinski definition) is 4. The van der Waals surface area contributed by atoms with Gasteiger partial charge >= 0.3 is 5.69 Å². The van der Waals surface area contributed by atoms with Crippen LogP contribution in [-0.4, -0.2) is 32.2 Å². The van der Waals surface area contributed by atoms with Crippen LogP contribution in [0.3, 0.4) is 0 Å². The van der Waals surface area contributed by atoms with Crippen LogP contribution in [0.15, 0.2) is 40.3 Å². The predicted octanol–water partition coefficient (Wildman–Crippen LogP) is 1.29. The Hall–Kier alpha value is -1.53. The molecule has 2 N–H and O–H groups in total. The summed E-state index contributed by atoms with van der Waals surface area (Å²) in [6.07, 6.45) is 1.50. The van der Waals surface area contributed by atoms with Crippen molar-refractivity contribution in [1.29, 1.82) is 0 Å². The molecule has 0 saturated carbocycles. The molecule has 1 aromatic heterocycles. The van der Waals surface area contributed by atoms with Gasteiger partial charge in [0.05, 0.1) is 0 Å². The third-order valence-electron chi connectivity index (χ3n) is 2.72. The van der Waals surface area contributed by atoms with Gasteiger partial charge in [-0.3, -0.25) is 4.57 Å². The molecule has 0 saturated heterocycles. The smallest absolute Gasteiger partial charge is 0.343 e. The van der Waals surface area contributed by atoms with Gasteiger partial charge < -0.3 is 5.11 Å². The topological polar surface area (TPSA) is 70.9 Å². The maximum absolute atomic E-state index is 11.7. The van der Waals surface area contributed by atoms with Crippen LogP contribution in [-0.2, 0) is 13.0 Å². The highest BCUT2D eigenvalue weighted by atomic mass is 32.2. The van der Waals surface area contributed by atoms with Crippen LogP contribution in [0.4, 0.5) is 0 Å². The molecule has 0 fully saturated rings. The number of thioether (sulfide) groups is 1. The number of aryl methyl sites for hydroxylation is 1. The van der Waals surface area contributed by atoms with Gasteiger partial charge in [0.2, 0.25) is 0 Å². The Morgan fingerprint density at radius 2 is 2.11 bits per heavy atom. The van der Waals surface area contributed by atoms with E-state index < -0.39 is 0 Å². The summed E-state index contributed by atoms with van der Waals surface area (Å²) in [5.74, 6) is 0.756. The predicted molar refractivity (Wildman–Crippen MR) is 75.4 cm³/mol. The molecule has 2 rings (SSSR count). The van der Waals surface area contributed by atoms with Crippen molar-refractivity contribution in [3.05, 3.63) is 46.4 Å². The van der Waals surface area contributed by atoms with E-state index in [0.717, 1.165) is 12.2 Å². The molecule has 0 aliphatic rings. The number of aromatic nitrogens is 3. The molecule has 1 heterocycles. The average molecular weight is 279 g/mol. The first-order chi connectivity index (χ1) is 9.31. The van der Waals surface area contributed by atoms with Crippen molar-refractivity contribution in [3.8, 4) is 0 Å². The number of aliphatic hydroxyl groups is 1. The number of hydrogen-bond donors (Lipinski definition) is 2. The van der Waals surface area contributed by atoms with Crippen molar-refractivity contribution >= 4 is 11.8 Å². The van der Waals surface area contributed by atoms with Crippen molar-refractivity contribution in [2.24, 2.45) is 0 Å². The maximum atomic E-state index is 11.7. The standard InChI is InChI=1S/C13H17N3O2S/c17-9-4-10-19-13-15-14-12(18)16(13)8-7-11-5-2-1-3-6-11/h1-3,5-6,17H,4,7-10H2,(H,14,18). The Bertz CT molecular complexity index is 551. The van der Waals surface area contributed by atoms with E-state index >= 15 is 0 Å². The third-order valence-corrected chi connectivity index (χ3v) is 3.79. The van der Waals surface area contributed by atoms with E-state index in [1.54, 1.807) is 4.57 Å². The number of H-pyrrole nitrogens is 1. The number of nitrogens with zero attached hydrogens (tertiary/aromatic N) is 2. The van der Waals surface area contributed by atoms with E-state index in [1.165, 1.54) is 17.3 Å². The fourth-order valence-electron chi connectivity index (χ4n) is 1.72. The van der Waals surface area contributed by atoms with Gasteiger partial charge in [-0.1, -0.05) is 42.1 Å². The molecule has 19 heavy (non-hydrogen) atoms. The van der Waals surface area contributed by atoms with Crippen molar-refractivity contribution < 1.29 is 5.11 Å². The first-order valence-electron chi connectivity index (χ1n) is 6.24. The highest BCUT2D eigenvalue weighted by molar-refractivity contribution is 7.99. The Morgan fingerprint density at radius 1 is 1.32 bits per heavy atom. The Kier molecular flexibility index (Phi) is 5.23. The summed E-state index contributed by atoms with van der Waals surface area (Å²) in [5, 5.41) is 15.9. The lowest BCUT2D eigenvalue weighted by molar-refractivity contribution is 0.296. The zero-order valence-corrected chi connectivity index (χ0v) is 11.4. The lowest BCUT2D eigenvalue weighted by Gasteiger charge is -2.05. The van der Waals surface area contributed by atoms with E-state index in [1.807, 2.05) is 30.3 Å². The number of rotatable bonds is 7. The van der Waals surface area contributed by atoms with Gasteiger partial charge in [-0.15, -0.1) is 5.10 Å². The second-order valence-corrected chi connectivity index (χ2v) is 5.19. The lowest BCUT2D eigenvalue weighted by Crippen LogP contribution is -2.19. The molecule has 0 bridgehead atoms. The summed E-state index contributed by atoms with van der Waals surface area (Å²) in [6, 6.07) is 10.0. The molecule has 0 unspecified atom stereocenters. The maximum Gasteiger partial charge on any atom is 0.343 e. The molecule has 0 radical (unpaired) electrons. The van der Waals surface area contributed by atoms with E-state index in [2.05, 4.69) is 10.2 Å². The molecule has 0 amide bonds. The number of aromatic amines is 1. The van der Waals surface area contributed by atoms with Gasteiger partial charge in [0.25, 0.3) is 0 Å². The largest absolute Gasteiger partial charge is 0.396 e. The minimum atomic E-state index is -0.178. The zero-order chi connectivity index (χ0) is 13.5. The molecule has 0 atom stereocenters. The van der Waals surface area contributed by atoms with Gasteiger partial charge in [0.15, 0.2) is 5.16 Å². The van der Waals surface area contributed by atoms with Crippen LogP contribution in [0.25, 0.3) is 0 Å². The van der Waals surface area contributed by atoms with Crippen LogP contribution in [0.2, 0.25) is 0 Å². The molecular weight excluding hydrogens is 262 g/mol. The van der Waals surface area contributed by atoms with Crippen LogP contribution in [0, 0.1) is 0 Å². The molecule has 6 heteroatoms. The van der Waals surface area contributed by atoms with Crippen LogP contribution in [0.1, 0.15) is 12.0 Å².